The van der Waals surface area contributed by atoms with Gasteiger partial charge in [0.25, 0.3) is 0 Å². The van der Waals surface area contributed by atoms with Crippen LogP contribution in [0.15, 0.2) is 0 Å². The molecule has 8 nitrogen and oxygen atoms in total. The van der Waals surface area contributed by atoms with Gasteiger partial charge in [0.05, 0.1) is 12.8 Å². The van der Waals surface area contributed by atoms with E-state index in [9.17, 15) is 14.4 Å². The molecule has 0 fully saturated rings. The Hall–Kier alpha value is -0.787. The van der Waals surface area contributed by atoms with Crippen molar-refractivity contribution >= 4 is 17.9 Å². The van der Waals surface area contributed by atoms with Crippen molar-refractivity contribution in [1.29, 1.82) is 0 Å². The van der Waals surface area contributed by atoms with Gasteiger partial charge in [-0.3, -0.25) is 9.59 Å². The van der Waals surface area contributed by atoms with Gasteiger partial charge < -0.3 is 26.6 Å². The van der Waals surface area contributed by atoms with Crippen LogP contribution in [0.25, 0.3) is 0 Å². The number of aliphatic hydroxyl groups is 1. The van der Waals surface area contributed by atoms with E-state index in [-0.39, 0.29) is 32.4 Å². The molecular formula is C6H11NO7Zr. The van der Waals surface area contributed by atoms with Crippen LogP contribution in [0.1, 0.15) is 12.8 Å². The minimum Gasteiger partial charge on any atom is -0.481 e. The number of hydrogen-bond acceptors (Lipinski definition) is 5. The van der Waals surface area contributed by atoms with Crippen LogP contribution in [0.2, 0.25) is 0 Å². The van der Waals surface area contributed by atoms with E-state index in [1.54, 1.807) is 0 Å². The zero-order chi connectivity index (χ0) is 10.6. The van der Waals surface area contributed by atoms with Crippen LogP contribution in [-0.4, -0.2) is 43.9 Å². The van der Waals surface area contributed by atoms with E-state index in [1.807, 2.05) is 0 Å². The van der Waals surface area contributed by atoms with Crippen LogP contribution in [0, 0.1) is 0 Å². The van der Waals surface area contributed by atoms with Gasteiger partial charge in [-0.1, -0.05) is 0 Å². The number of carbonyl (C=O) groups is 3. The Morgan fingerprint density at radius 2 is 1.20 bits per heavy atom. The average Bonchev–Trinajstić information content (AvgIpc) is 1.82. The number of carboxylic acid groups (broad SMARTS) is 3. The van der Waals surface area contributed by atoms with Gasteiger partial charge >= 0.3 is 17.9 Å². The van der Waals surface area contributed by atoms with E-state index in [0.717, 1.165) is 0 Å². The summed E-state index contributed by atoms with van der Waals surface area (Å²) in [7, 11) is 0. The number of hydrogen-bond donors (Lipinski definition) is 5. The number of rotatable bonds is 5. The monoisotopic (exact) mass is 299 g/mol. The maximum atomic E-state index is 10.3. The first-order valence-electron chi connectivity index (χ1n) is 3.17. The molecule has 86 valence electrons. The largest absolute Gasteiger partial charge is 0.481 e. The minimum atomic E-state index is -2.74. The van der Waals surface area contributed by atoms with Crippen molar-refractivity contribution in [2.24, 2.45) is 0 Å². The van der Waals surface area contributed by atoms with Crippen molar-refractivity contribution in [3.63, 3.8) is 0 Å². The molecule has 0 saturated carbocycles. The molecule has 0 saturated heterocycles. The van der Waals surface area contributed by atoms with Gasteiger partial charge in [0.1, 0.15) is 0 Å². The molecule has 0 aliphatic rings. The Labute approximate surface area is 104 Å². The van der Waals surface area contributed by atoms with E-state index in [2.05, 4.69) is 0 Å². The smallest absolute Gasteiger partial charge is 0.336 e. The molecule has 7 N–H and O–H groups in total. The fourth-order valence-corrected chi connectivity index (χ4v) is 0.714. The summed E-state index contributed by atoms with van der Waals surface area (Å²) in [6.45, 7) is 0. The van der Waals surface area contributed by atoms with Crippen LogP contribution < -0.4 is 6.15 Å². The Morgan fingerprint density at radius 3 is 1.33 bits per heavy atom. The molecule has 0 aliphatic carbocycles. The Morgan fingerprint density at radius 1 is 0.933 bits per heavy atom. The molecule has 0 atom stereocenters. The van der Waals surface area contributed by atoms with Crippen molar-refractivity contribution in [3.05, 3.63) is 0 Å². The fourth-order valence-electron chi connectivity index (χ4n) is 0.714. The SMILES string of the molecule is N.O=C(O)CC(O)(CC(=O)O)C(=O)O.[Zr]. The molecule has 0 spiro atoms. The molecule has 0 aromatic carbocycles. The van der Waals surface area contributed by atoms with Crippen molar-refractivity contribution in [3.8, 4) is 0 Å². The summed E-state index contributed by atoms with van der Waals surface area (Å²) >= 11 is 0. The summed E-state index contributed by atoms with van der Waals surface area (Å²) in [5.41, 5.74) is -2.74. The van der Waals surface area contributed by atoms with Crippen LogP contribution in [0.5, 0.6) is 0 Å². The molecule has 0 heterocycles. The van der Waals surface area contributed by atoms with E-state index in [4.69, 9.17) is 20.4 Å². The van der Waals surface area contributed by atoms with Crippen LogP contribution >= 0.6 is 0 Å². The van der Waals surface area contributed by atoms with Crippen LogP contribution in [-0.2, 0) is 40.6 Å². The Balaban J connectivity index is -0.000000720. The van der Waals surface area contributed by atoms with Crippen molar-refractivity contribution in [1.82, 2.24) is 6.15 Å². The van der Waals surface area contributed by atoms with Crippen LogP contribution in [0.3, 0.4) is 0 Å². The van der Waals surface area contributed by atoms with Gasteiger partial charge in [-0.15, -0.1) is 0 Å². The zero-order valence-electron chi connectivity index (χ0n) is 7.63. The maximum absolute atomic E-state index is 10.3. The summed E-state index contributed by atoms with van der Waals surface area (Å²) < 4.78 is 0. The van der Waals surface area contributed by atoms with E-state index in [0.29, 0.717) is 0 Å². The molecule has 0 aliphatic heterocycles. The summed E-state index contributed by atoms with van der Waals surface area (Å²) in [5, 5.41) is 33.8. The van der Waals surface area contributed by atoms with Gasteiger partial charge in [0.2, 0.25) is 0 Å². The van der Waals surface area contributed by atoms with Gasteiger partial charge in [0, 0.05) is 26.2 Å². The van der Waals surface area contributed by atoms with Crippen molar-refractivity contribution < 1.29 is 61.0 Å². The Kier molecular flexibility index (Phi) is 9.86. The quantitative estimate of drug-likeness (QED) is 0.427. The molecule has 0 radical (unpaired) electrons. The van der Waals surface area contributed by atoms with E-state index < -0.39 is 36.4 Å². The van der Waals surface area contributed by atoms with Crippen LogP contribution in [0.4, 0.5) is 0 Å². The third-order valence-corrected chi connectivity index (χ3v) is 1.29. The molecule has 0 bridgehead atoms. The van der Waals surface area contributed by atoms with Crippen molar-refractivity contribution in [2.75, 3.05) is 0 Å². The third kappa shape index (κ3) is 7.18. The maximum Gasteiger partial charge on any atom is 0.336 e. The summed E-state index contributed by atoms with van der Waals surface area (Å²) in [6, 6.07) is 0. The first-order chi connectivity index (χ1) is 5.78. The molecule has 0 aromatic heterocycles. The zero-order valence-corrected chi connectivity index (χ0v) is 10.1. The second kappa shape index (κ2) is 7.50. The second-order valence-corrected chi connectivity index (χ2v) is 2.48. The standard InChI is InChI=1S/C6H8O7.H3N.Zr/c7-3(8)1-6(13,5(11)12)2-4(9)10;;/h13H,1-2H2,(H,7,8)(H,9,10)(H,11,12);1H3;. The number of aliphatic carboxylic acids is 3. The molecule has 9 heteroatoms. The number of carboxylic acids is 3. The second-order valence-electron chi connectivity index (χ2n) is 2.48. The first kappa shape index (κ1) is 19.7. The minimum absolute atomic E-state index is 0. The average molecular weight is 300 g/mol. The molecular weight excluding hydrogens is 289 g/mol. The summed E-state index contributed by atoms with van der Waals surface area (Å²) in [4.78, 5) is 30.5. The van der Waals surface area contributed by atoms with Gasteiger partial charge in [-0.2, -0.15) is 0 Å². The third-order valence-electron chi connectivity index (χ3n) is 1.29. The predicted molar refractivity (Wildman–Crippen MR) is 42.1 cm³/mol. The van der Waals surface area contributed by atoms with E-state index >= 15 is 0 Å². The first-order valence-corrected chi connectivity index (χ1v) is 3.17. The Bertz CT molecular complexity index is 238. The van der Waals surface area contributed by atoms with Crippen molar-refractivity contribution in [2.45, 2.75) is 18.4 Å². The van der Waals surface area contributed by atoms with Gasteiger partial charge in [-0.05, 0) is 0 Å². The molecule has 0 rings (SSSR count). The molecule has 0 aromatic rings. The summed E-state index contributed by atoms with van der Waals surface area (Å²) in [6.07, 6.45) is -2.29. The normalized spacial score (nSPS) is 9.40. The summed E-state index contributed by atoms with van der Waals surface area (Å²) in [5.74, 6) is -5.02. The molecule has 0 unspecified atom stereocenters. The van der Waals surface area contributed by atoms with Gasteiger partial charge in [-0.25, -0.2) is 4.79 Å². The van der Waals surface area contributed by atoms with Gasteiger partial charge in [0.15, 0.2) is 5.60 Å². The molecule has 0 amide bonds. The predicted octanol–water partition coefficient (Wildman–Crippen LogP) is -1.09. The fraction of sp³-hybridized carbons (Fsp3) is 0.500. The van der Waals surface area contributed by atoms with E-state index in [1.165, 1.54) is 0 Å². The topological polar surface area (TPSA) is 167 Å². The molecule has 15 heavy (non-hydrogen) atoms.